The van der Waals surface area contributed by atoms with Crippen LogP contribution in [0.2, 0.25) is 0 Å². The number of thiazole rings is 1. The number of fused-ring (bicyclic) bond motifs is 1. The summed E-state index contributed by atoms with van der Waals surface area (Å²) in [5.74, 6) is 1.47. The first-order valence-electron chi connectivity index (χ1n) is 11.6. The highest BCUT2D eigenvalue weighted by Gasteiger charge is 2.32. The van der Waals surface area contributed by atoms with Gasteiger partial charge in [0.1, 0.15) is 11.6 Å². The fourth-order valence-electron chi connectivity index (χ4n) is 4.45. The van der Waals surface area contributed by atoms with E-state index >= 15 is 0 Å². The number of hydrogen-bond donors (Lipinski definition) is 1. The summed E-state index contributed by atoms with van der Waals surface area (Å²) in [6.45, 7) is 7.78. The van der Waals surface area contributed by atoms with E-state index in [0.29, 0.717) is 11.6 Å². The average molecular weight is 482 g/mol. The smallest absolute Gasteiger partial charge is 0.230 e. The fraction of sp³-hybridized carbons (Fsp3) is 0.360. The van der Waals surface area contributed by atoms with Gasteiger partial charge in [0.15, 0.2) is 5.82 Å². The van der Waals surface area contributed by atoms with Gasteiger partial charge < -0.3 is 14.7 Å². The van der Waals surface area contributed by atoms with E-state index in [1.807, 2.05) is 38.1 Å². The molecule has 1 N–H and O–H groups in total. The summed E-state index contributed by atoms with van der Waals surface area (Å²) in [7, 11) is 0. The van der Waals surface area contributed by atoms with Crippen LogP contribution in [0.15, 0.2) is 48.5 Å². The molecule has 34 heavy (non-hydrogen) atoms. The molecule has 0 aliphatic carbocycles. The van der Waals surface area contributed by atoms with Crippen molar-refractivity contribution in [2.45, 2.75) is 26.3 Å². The normalized spacial score (nSPS) is 15.7. The van der Waals surface area contributed by atoms with E-state index < -0.39 is 0 Å². The summed E-state index contributed by atoms with van der Waals surface area (Å²) in [5, 5.41) is 15.6. The molecule has 9 heteroatoms. The van der Waals surface area contributed by atoms with Crippen molar-refractivity contribution in [3.63, 3.8) is 0 Å². The second kappa shape index (κ2) is 9.60. The molecule has 1 fully saturated rings. The topological polar surface area (TPSA) is 66.1 Å². The Morgan fingerprint density at radius 3 is 2.35 bits per heavy atom. The Kier molecular flexibility index (Phi) is 6.38. The predicted octanol–water partition coefficient (Wildman–Crippen LogP) is 4.51. The molecule has 0 saturated carbocycles. The van der Waals surface area contributed by atoms with Crippen LogP contribution in [0, 0.1) is 5.82 Å². The molecule has 4 aromatic rings. The lowest BCUT2D eigenvalue weighted by Gasteiger charge is -2.40. The minimum atomic E-state index is -0.226. The second-order valence-electron chi connectivity index (χ2n) is 8.27. The molecule has 2 aromatic carbocycles. The van der Waals surface area contributed by atoms with Crippen molar-refractivity contribution in [1.82, 2.24) is 19.5 Å². The molecule has 1 aliphatic heterocycles. The Morgan fingerprint density at radius 1 is 1.03 bits per heavy atom. The number of aromatic nitrogens is 3. The van der Waals surface area contributed by atoms with Crippen LogP contribution in [0.4, 0.5) is 10.1 Å². The van der Waals surface area contributed by atoms with Crippen LogP contribution < -0.4 is 9.64 Å². The van der Waals surface area contributed by atoms with Crippen molar-refractivity contribution in [2.24, 2.45) is 0 Å². The summed E-state index contributed by atoms with van der Waals surface area (Å²) < 4.78 is 20.5. The maximum atomic E-state index is 13.4. The Bertz CT molecular complexity index is 1250. The number of ether oxygens (including phenoxy) is 1. The first kappa shape index (κ1) is 22.6. The third-order valence-electron chi connectivity index (χ3n) is 6.19. The highest BCUT2D eigenvalue weighted by molar-refractivity contribution is 7.17. The first-order valence-corrected chi connectivity index (χ1v) is 12.4. The first-order chi connectivity index (χ1) is 16.6. The maximum Gasteiger partial charge on any atom is 0.230 e. The van der Waals surface area contributed by atoms with Gasteiger partial charge in [-0.3, -0.25) is 4.90 Å². The monoisotopic (exact) mass is 481 g/mol. The van der Waals surface area contributed by atoms with Crippen LogP contribution >= 0.6 is 11.3 Å². The van der Waals surface area contributed by atoms with E-state index in [-0.39, 0.29) is 17.7 Å². The van der Waals surface area contributed by atoms with E-state index in [9.17, 15) is 9.50 Å². The molecule has 0 spiro atoms. The van der Waals surface area contributed by atoms with Crippen molar-refractivity contribution >= 4 is 22.0 Å². The van der Waals surface area contributed by atoms with E-state index in [2.05, 4.69) is 32.0 Å². The number of rotatable bonds is 7. The second-order valence-corrected chi connectivity index (χ2v) is 9.28. The van der Waals surface area contributed by atoms with Crippen LogP contribution in [0.1, 0.15) is 36.2 Å². The van der Waals surface area contributed by atoms with Gasteiger partial charge in [0.25, 0.3) is 0 Å². The Morgan fingerprint density at radius 2 is 1.74 bits per heavy atom. The van der Waals surface area contributed by atoms with E-state index in [1.165, 1.54) is 23.5 Å². The molecule has 2 aromatic heterocycles. The zero-order chi connectivity index (χ0) is 23.7. The lowest BCUT2D eigenvalue weighted by atomic mass is 10.0. The SMILES string of the molecule is CCOc1ccc(C(c2sc3nc(CC)nn3c2O)N2CCN(c3ccc(F)cc3)CC2)cc1. The fourth-order valence-corrected chi connectivity index (χ4v) is 5.59. The highest BCUT2D eigenvalue weighted by atomic mass is 32.1. The van der Waals surface area contributed by atoms with E-state index in [1.54, 1.807) is 4.52 Å². The molecule has 1 aliphatic rings. The van der Waals surface area contributed by atoms with Crippen LogP contribution in [0.25, 0.3) is 4.96 Å². The minimum absolute atomic E-state index is 0.135. The van der Waals surface area contributed by atoms with Gasteiger partial charge in [-0.1, -0.05) is 30.4 Å². The van der Waals surface area contributed by atoms with Gasteiger partial charge in [-0.15, -0.1) is 5.10 Å². The summed E-state index contributed by atoms with van der Waals surface area (Å²) in [6.07, 6.45) is 0.719. The third-order valence-corrected chi connectivity index (χ3v) is 7.26. The molecule has 0 amide bonds. The number of halogens is 1. The van der Waals surface area contributed by atoms with Crippen molar-refractivity contribution in [3.05, 3.63) is 70.6 Å². The molecule has 178 valence electrons. The van der Waals surface area contributed by atoms with Crippen LogP contribution in [-0.2, 0) is 6.42 Å². The lowest BCUT2D eigenvalue weighted by molar-refractivity contribution is 0.211. The summed E-state index contributed by atoms with van der Waals surface area (Å²) in [5.41, 5.74) is 2.10. The maximum absolute atomic E-state index is 13.4. The Balaban J connectivity index is 1.45. The van der Waals surface area contributed by atoms with Crippen molar-refractivity contribution in [1.29, 1.82) is 0 Å². The molecule has 1 unspecified atom stereocenters. The molecular formula is C25H28FN5O2S. The number of hydrogen-bond acceptors (Lipinski definition) is 7. The standard InChI is InChI=1S/C25H28FN5O2S/c1-3-21-27-25-31(28-21)24(32)23(34-25)22(17-5-11-20(12-6-17)33-4-2)30-15-13-29(14-16-30)19-9-7-18(26)8-10-19/h5-12,22,32H,3-4,13-16H2,1-2H3. The number of piperazine rings is 1. The van der Waals surface area contributed by atoms with Gasteiger partial charge in [-0.25, -0.2) is 9.37 Å². The quantitative estimate of drug-likeness (QED) is 0.419. The molecule has 0 radical (unpaired) electrons. The van der Waals surface area contributed by atoms with Gasteiger partial charge in [-0.05, 0) is 48.9 Å². The van der Waals surface area contributed by atoms with Crippen molar-refractivity contribution in [2.75, 3.05) is 37.7 Å². The van der Waals surface area contributed by atoms with Crippen molar-refractivity contribution < 1.29 is 14.2 Å². The number of nitrogens with zero attached hydrogens (tertiary/aromatic N) is 5. The summed E-state index contributed by atoms with van der Waals surface area (Å²) in [4.78, 5) is 10.7. The zero-order valence-corrected chi connectivity index (χ0v) is 20.1. The van der Waals surface area contributed by atoms with Crippen LogP contribution in [-0.4, -0.2) is 57.4 Å². The zero-order valence-electron chi connectivity index (χ0n) is 19.3. The van der Waals surface area contributed by atoms with Gasteiger partial charge in [0.05, 0.1) is 17.5 Å². The minimum Gasteiger partial charge on any atom is -0.494 e. The number of aromatic hydroxyl groups is 1. The van der Waals surface area contributed by atoms with Crippen LogP contribution in [0.3, 0.4) is 0 Å². The summed E-state index contributed by atoms with van der Waals surface area (Å²) >= 11 is 1.48. The summed E-state index contributed by atoms with van der Waals surface area (Å²) in [6, 6.07) is 14.6. The number of anilines is 1. The van der Waals surface area contributed by atoms with Gasteiger partial charge in [-0.2, -0.15) is 4.52 Å². The average Bonchev–Trinajstić information content (AvgIpc) is 3.40. The van der Waals surface area contributed by atoms with Gasteiger partial charge >= 0.3 is 0 Å². The van der Waals surface area contributed by atoms with Crippen LogP contribution in [0.5, 0.6) is 11.6 Å². The molecule has 0 bridgehead atoms. The predicted molar refractivity (Wildman–Crippen MR) is 132 cm³/mol. The van der Waals surface area contributed by atoms with Gasteiger partial charge in [0, 0.05) is 38.3 Å². The molecule has 1 saturated heterocycles. The van der Waals surface area contributed by atoms with E-state index in [0.717, 1.165) is 60.3 Å². The van der Waals surface area contributed by atoms with E-state index in [4.69, 9.17) is 4.74 Å². The molecule has 5 rings (SSSR count). The van der Waals surface area contributed by atoms with Crippen molar-refractivity contribution in [3.8, 4) is 11.6 Å². The largest absolute Gasteiger partial charge is 0.494 e. The number of aryl methyl sites for hydroxylation is 1. The Hall–Kier alpha value is -3.17. The third kappa shape index (κ3) is 4.33. The molecular weight excluding hydrogens is 453 g/mol. The molecule has 3 heterocycles. The molecule has 7 nitrogen and oxygen atoms in total. The Labute approximate surface area is 202 Å². The highest BCUT2D eigenvalue weighted by Crippen LogP contribution is 2.40. The number of benzene rings is 2. The van der Waals surface area contributed by atoms with Gasteiger partial charge in [0.2, 0.25) is 10.8 Å². The lowest BCUT2D eigenvalue weighted by Crippen LogP contribution is -2.47. The molecule has 1 atom stereocenters.